The molecular weight excluding hydrogens is 218 g/mol. The Morgan fingerprint density at radius 2 is 2.21 bits per heavy atom. The SMILES string of the molecule is Cc1nc(C(F)F)cc([N+](=O)[O-])c1Cl. The number of aryl methyl sites for hydroxylation is 1. The van der Waals surface area contributed by atoms with Gasteiger partial charge in [-0.1, -0.05) is 11.6 Å². The van der Waals surface area contributed by atoms with Crippen LogP contribution in [0.25, 0.3) is 0 Å². The van der Waals surface area contributed by atoms with Crippen LogP contribution >= 0.6 is 11.6 Å². The molecule has 0 bridgehead atoms. The van der Waals surface area contributed by atoms with Crippen LogP contribution in [0.5, 0.6) is 0 Å². The van der Waals surface area contributed by atoms with Crippen molar-refractivity contribution in [2.45, 2.75) is 13.3 Å². The molecule has 1 aromatic heterocycles. The number of rotatable bonds is 2. The number of alkyl halides is 2. The van der Waals surface area contributed by atoms with E-state index in [0.717, 1.165) is 0 Å². The van der Waals surface area contributed by atoms with E-state index in [9.17, 15) is 18.9 Å². The van der Waals surface area contributed by atoms with E-state index in [0.29, 0.717) is 6.07 Å². The molecule has 0 spiro atoms. The predicted molar refractivity (Wildman–Crippen MR) is 45.6 cm³/mol. The first kappa shape index (κ1) is 10.8. The van der Waals surface area contributed by atoms with Crippen molar-refractivity contribution in [2.24, 2.45) is 0 Å². The van der Waals surface area contributed by atoms with E-state index in [2.05, 4.69) is 4.98 Å². The molecule has 0 aliphatic rings. The molecule has 0 atom stereocenters. The van der Waals surface area contributed by atoms with Crippen LogP contribution in [0, 0.1) is 17.0 Å². The molecule has 0 N–H and O–H groups in total. The van der Waals surface area contributed by atoms with E-state index >= 15 is 0 Å². The van der Waals surface area contributed by atoms with E-state index in [4.69, 9.17) is 11.6 Å². The van der Waals surface area contributed by atoms with Crippen molar-refractivity contribution in [3.8, 4) is 0 Å². The summed E-state index contributed by atoms with van der Waals surface area (Å²) in [7, 11) is 0. The summed E-state index contributed by atoms with van der Waals surface area (Å²) >= 11 is 5.52. The Morgan fingerprint density at radius 1 is 1.64 bits per heavy atom. The third-order valence-electron chi connectivity index (χ3n) is 1.54. The topological polar surface area (TPSA) is 56.0 Å². The molecule has 14 heavy (non-hydrogen) atoms. The Morgan fingerprint density at radius 3 is 2.64 bits per heavy atom. The van der Waals surface area contributed by atoms with Crippen molar-refractivity contribution < 1.29 is 13.7 Å². The lowest BCUT2D eigenvalue weighted by Crippen LogP contribution is -1.98. The monoisotopic (exact) mass is 222 g/mol. The zero-order chi connectivity index (χ0) is 10.9. The van der Waals surface area contributed by atoms with Crippen molar-refractivity contribution >= 4 is 17.3 Å². The molecule has 0 radical (unpaired) electrons. The molecule has 1 aromatic rings. The molecule has 0 unspecified atom stereocenters. The van der Waals surface area contributed by atoms with E-state index in [1.807, 2.05) is 0 Å². The molecule has 0 amide bonds. The molecule has 76 valence electrons. The highest BCUT2D eigenvalue weighted by atomic mass is 35.5. The number of hydrogen-bond donors (Lipinski definition) is 0. The van der Waals surface area contributed by atoms with Crippen LogP contribution in [-0.2, 0) is 0 Å². The van der Waals surface area contributed by atoms with Gasteiger partial charge in [0.15, 0.2) is 0 Å². The van der Waals surface area contributed by atoms with Gasteiger partial charge in [0.25, 0.3) is 12.1 Å². The first-order valence-electron chi connectivity index (χ1n) is 3.53. The summed E-state index contributed by atoms with van der Waals surface area (Å²) in [5.41, 5.74) is -1.16. The highest BCUT2D eigenvalue weighted by Crippen LogP contribution is 2.30. The highest BCUT2D eigenvalue weighted by Gasteiger charge is 2.20. The second-order valence-corrected chi connectivity index (χ2v) is 2.90. The molecule has 7 heteroatoms. The van der Waals surface area contributed by atoms with Gasteiger partial charge in [-0.15, -0.1) is 0 Å². The number of aromatic nitrogens is 1. The molecule has 0 aromatic carbocycles. The number of hydrogen-bond acceptors (Lipinski definition) is 3. The van der Waals surface area contributed by atoms with Gasteiger partial charge in [0.05, 0.1) is 10.6 Å². The van der Waals surface area contributed by atoms with Crippen molar-refractivity contribution in [3.63, 3.8) is 0 Å². The average Bonchev–Trinajstić information content (AvgIpc) is 2.08. The zero-order valence-electron chi connectivity index (χ0n) is 7.00. The Bertz CT molecular complexity index is 384. The van der Waals surface area contributed by atoms with Crippen molar-refractivity contribution in [3.05, 3.63) is 32.6 Å². The molecule has 0 saturated carbocycles. The molecule has 1 heterocycles. The second kappa shape index (κ2) is 3.83. The summed E-state index contributed by atoms with van der Waals surface area (Å²) in [6.07, 6.45) is -2.84. The van der Waals surface area contributed by atoms with Crippen LogP contribution in [0.15, 0.2) is 6.07 Å². The Hall–Kier alpha value is -1.30. The van der Waals surface area contributed by atoms with Crippen LogP contribution in [0.3, 0.4) is 0 Å². The minimum atomic E-state index is -2.84. The van der Waals surface area contributed by atoms with E-state index in [1.165, 1.54) is 6.92 Å². The molecule has 0 saturated heterocycles. The minimum absolute atomic E-state index is 0.0242. The molecule has 4 nitrogen and oxygen atoms in total. The van der Waals surface area contributed by atoms with Crippen LogP contribution in [-0.4, -0.2) is 9.91 Å². The van der Waals surface area contributed by atoms with Gasteiger partial charge in [-0.05, 0) is 6.92 Å². The Balaban J connectivity index is 3.35. The Kier molecular flexibility index (Phi) is 2.95. The summed E-state index contributed by atoms with van der Waals surface area (Å²) in [4.78, 5) is 13.0. The quantitative estimate of drug-likeness (QED) is 0.571. The van der Waals surface area contributed by atoms with Crippen molar-refractivity contribution in [1.29, 1.82) is 0 Å². The van der Waals surface area contributed by atoms with Crippen molar-refractivity contribution in [2.75, 3.05) is 0 Å². The fourth-order valence-corrected chi connectivity index (χ4v) is 1.07. The lowest BCUT2D eigenvalue weighted by atomic mass is 10.3. The smallest absolute Gasteiger partial charge is 0.258 e. The predicted octanol–water partition coefficient (Wildman–Crippen LogP) is 2.89. The minimum Gasteiger partial charge on any atom is -0.258 e. The Labute approximate surface area is 82.7 Å². The van der Waals surface area contributed by atoms with Crippen LogP contribution in [0.4, 0.5) is 14.5 Å². The molecular formula is C7H5ClF2N2O2. The van der Waals surface area contributed by atoms with Gasteiger partial charge >= 0.3 is 0 Å². The van der Waals surface area contributed by atoms with E-state index < -0.39 is 22.7 Å². The summed E-state index contributed by atoms with van der Waals surface area (Å²) < 4.78 is 24.4. The summed E-state index contributed by atoms with van der Waals surface area (Å²) in [6.45, 7) is 1.33. The van der Waals surface area contributed by atoms with Gasteiger partial charge in [-0.25, -0.2) is 8.78 Å². The first-order chi connectivity index (χ1) is 6.43. The fourth-order valence-electron chi connectivity index (χ4n) is 0.908. The summed E-state index contributed by atoms with van der Waals surface area (Å²) in [5, 5.41) is 10.2. The maximum absolute atomic E-state index is 12.2. The van der Waals surface area contributed by atoms with E-state index in [1.54, 1.807) is 0 Å². The maximum atomic E-state index is 12.2. The fraction of sp³-hybridized carbons (Fsp3) is 0.286. The summed E-state index contributed by atoms with van der Waals surface area (Å²) in [5.74, 6) is 0. The standard InChI is InChI=1S/C7H5ClF2N2O2/c1-3-6(8)5(12(13)14)2-4(11-3)7(9)10/h2,7H,1H3. The first-order valence-corrected chi connectivity index (χ1v) is 3.91. The van der Waals surface area contributed by atoms with Crippen LogP contribution in [0.1, 0.15) is 17.8 Å². The highest BCUT2D eigenvalue weighted by molar-refractivity contribution is 6.33. The maximum Gasteiger partial charge on any atom is 0.291 e. The molecule has 1 rings (SSSR count). The average molecular weight is 223 g/mol. The van der Waals surface area contributed by atoms with Crippen LogP contribution in [0.2, 0.25) is 5.02 Å². The molecule has 0 aliphatic heterocycles. The normalized spacial score (nSPS) is 10.6. The van der Waals surface area contributed by atoms with E-state index in [-0.39, 0.29) is 10.7 Å². The van der Waals surface area contributed by atoms with Crippen LogP contribution < -0.4 is 0 Å². The number of halogens is 3. The van der Waals surface area contributed by atoms with Gasteiger partial charge < -0.3 is 0 Å². The number of nitrogens with zero attached hydrogens (tertiary/aromatic N) is 2. The van der Waals surface area contributed by atoms with Gasteiger partial charge in [0, 0.05) is 6.07 Å². The largest absolute Gasteiger partial charge is 0.291 e. The zero-order valence-corrected chi connectivity index (χ0v) is 7.76. The molecule has 0 fully saturated rings. The van der Waals surface area contributed by atoms with Gasteiger partial charge in [-0.2, -0.15) is 0 Å². The molecule has 0 aliphatic carbocycles. The number of nitro groups is 1. The van der Waals surface area contributed by atoms with Gasteiger partial charge in [0.1, 0.15) is 10.7 Å². The lowest BCUT2D eigenvalue weighted by Gasteiger charge is -2.02. The second-order valence-electron chi connectivity index (χ2n) is 2.52. The van der Waals surface area contributed by atoms with Crippen molar-refractivity contribution in [1.82, 2.24) is 4.98 Å². The summed E-state index contributed by atoms with van der Waals surface area (Å²) in [6, 6.07) is 0.681. The lowest BCUT2D eigenvalue weighted by molar-refractivity contribution is -0.384. The van der Waals surface area contributed by atoms with Gasteiger partial charge in [-0.3, -0.25) is 15.1 Å². The van der Waals surface area contributed by atoms with Gasteiger partial charge in [0.2, 0.25) is 0 Å². The number of pyridine rings is 1. The third kappa shape index (κ3) is 1.95. The third-order valence-corrected chi connectivity index (χ3v) is 2.01.